The van der Waals surface area contributed by atoms with Crippen molar-refractivity contribution in [1.82, 2.24) is 4.98 Å². The second kappa shape index (κ2) is 9.89. The van der Waals surface area contributed by atoms with Gasteiger partial charge in [0.1, 0.15) is 0 Å². The van der Waals surface area contributed by atoms with E-state index in [0.717, 1.165) is 31.5 Å². The van der Waals surface area contributed by atoms with Crippen LogP contribution in [0.15, 0.2) is 89.3 Å². The Bertz CT molecular complexity index is 1310. The third-order valence-corrected chi connectivity index (χ3v) is 6.38. The second-order valence-electron chi connectivity index (χ2n) is 8.73. The first kappa shape index (κ1) is 23.7. The van der Waals surface area contributed by atoms with E-state index in [-0.39, 0.29) is 5.89 Å². The Morgan fingerprint density at radius 2 is 1.50 bits per heavy atom. The molecule has 8 heteroatoms. The number of nitrogens with zero attached hydrogens (tertiary/aromatic N) is 2. The summed E-state index contributed by atoms with van der Waals surface area (Å²) in [7, 11) is 0. The smallest absolute Gasteiger partial charge is 0.431 e. The first-order valence-corrected chi connectivity index (χ1v) is 11.7. The molecule has 0 saturated carbocycles. The number of alkyl halides is 3. The standard InChI is InChI=1S/C28H24F3N3O2/c29-28(30,31)25-24(33-27(36-25)21-7-3-1-4-8-21)26(35)32-22-13-11-19(12-14-22)20-15-17-34(18-16-20)23-9-5-2-6-10-23/h1-14,20H,15-18H2,(H,32,35). The Kier molecular flexibility index (Phi) is 6.50. The van der Waals surface area contributed by atoms with Crippen molar-refractivity contribution in [2.75, 3.05) is 23.3 Å². The summed E-state index contributed by atoms with van der Waals surface area (Å²) in [6, 6.07) is 25.7. The molecule has 5 rings (SSSR count). The minimum atomic E-state index is -4.86. The van der Waals surface area contributed by atoms with Crippen molar-refractivity contribution in [1.29, 1.82) is 0 Å². The Labute approximate surface area is 206 Å². The van der Waals surface area contributed by atoms with Gasteiger partial charge >= 0.3 is 6.18 Å². The Morgan fingerprint density at radius 1 is 0.889 bits per heavy atom. The first-order valence-electron chi connectivity index (χ1n) is 11.7. The van der Waals surface area contributed by atoms with Gasteiger partial charge in [-0.05, 0) is 60.7 Å². The van der Waals surface area contributed by atoms with E-state index >= 15 is 0 Å². The molecule has 1 aliphatic heterocycles. The number of hydrogen-bond acceptors (Lipinski definition) is 4. The van der Waals surface area contributed by atoms with E-state index in [0.29, 0.717) is 17.2 Å². The van der Waals surface area contributed by atoms with Crippen LogP contribution in [0.2, 0.25) is 0 Å². The molecule has 5 nitrogen and oxygen atoms in total. The number of amides is 1. The maximum absolute atomic E-state index is 13.6. The number of rotatable bonds is 5. The molecular weight excluding hydrogens is 467 g/mol. The zero-order valence-electron chi connectivity index (χ0n) is 19.3. The average Bonchev–Trinajstić information content (AvgIpc) is 3.37. The van der Waals surface area contributed by atoms with E-state index < -0.39 is 23.5 Å². The summed E-state index contributed by atoms with van der Waals surface area (Å²) < 4.78 is 45.6. The molecule has 4 aromatic rings. The SMILES string of the molecule is O=C(Nc1ccc(C2CCN(c3ccccc3)CC2)cc1)c1nc(-c2ccccc2)oc1C(F)(F)F. The monoisotopic (exact) mass is 491 g/mol. The number of carbonyl (C=O) groups is 1. The highest BCUT2D eigenvalue weighted by Gasteiger charge is 2.42. The lowest BCUT2D eigenvalue weighted by molar-refractivity contribution is -0.153. The van der Waals surface area contributed by atoms with Gasteiger partial charge in [-0.25, -0.2) is 4.98 Å². The highest BCUT2D eigenvalue weighted by atomic mass is 19.4. The lowest BCUT2D eigenvalue weighted by atomic mass is 9.89. The van der Waals surface area contributed by atoms with Crippen LogP contribution >= 0.6 is 0 Å². The normalized spacial score (nSPS) is 14.6. The van der Waals surface area contributed by atoms with Gasteiger partial charge in [0, 0.05) is 30.0 Å². The predicted molar refractivity (Wildman–Crippen MR) is 132 cm³/mol. The van der Waals surface area contributed by atoms with Crippen molar-refractivity contribution in [3.63, 3.8) is 0 Å². The van der Waals surface area contributed by atoms with E-state index in [2.05, 4.69) is 27.3 Å². The fourth-order valence-electron chi connectivity index (χ4n) is 4.51. The number of piperidine rings is 1. The van der Waals surface area contributed by atoms with Gasteiger partial charge in [-0.3, -0.25) is 4.79 Å². The molecule has 1 saturated heterocycles. The van der Waals surface area contributed by atoms with Crippen LogP contribution in [0.5, 0.6) is 0 Å². The predicted octanol–water partition coefficient (Wildman–Crippen LogP) is 7.00. The first-order chi connectivity index (χ1) is 17.4. The minimum absolute atomic E-state index is 0.259. The molecule has 0 radical (unpaired) electrons. The number of aromatic nitrogens is 1. The van der Waals surface area contributed by atoms with Crippen molar-refractivity contribution < 1.29 is 22.4 Å². The molecule has 2 heterocycles. The van der Waals surface area contributed by atoms with Crippen molar-refractivity contribution in [2.24, 2.45) is 0 Å². The molecule has 184 valence electrons. The van der Waals surface area contributed by atoms with E-state index in [4.69, 9.17) is 4.42 Å². The maximum Gasteiger partial charge on any atom is 0.452 e. The van der Waals surface area contributed by atoms with E-state index in [1.165, 1.54) is 5.69 Å². The summed E-state index contributed by atoms with van der Waals surface area (Å²) in [5, 5.41) is 2.52. The number of halogens is 3. The van der Waals surface area contributed by atoms with Crippen molar-refractivity contribution in [2.45, 2.75) is 24.9 Å². The topological polar surface area (TPSA) is 58.4 Å². The summed E-state index contributed by atoms with van der Waals surface area (Å²) in [5.41, 5.74) is 2.31. The molecule has 1 N–H and O–H groups in total. The second-order valence-corrected chi connectivity index (χ2v) is 8.73. The number of oxazole rings is 1. The number of carbonyl (C=O) groups excluding carboxylic acids is 1. The molecule has 0 aliphatic carbocycles. The summed E-state index contributed by atoms with van der Waals surface area (Å²) in [5.74, 6) is -2.27. The quantitative estimate of drug-likeness (QED) is 0.327. The molecule has 1 aromatic heterocycles. The zero-order chi connectivity index (χ0) is 25.1. The summed E-state index contributed by atoms with van der Waals surface area (Å²) in [4.78, 5) is 19.0. The van der Waals surface area contributed by atoms with Gasteiger partial charge in [-0.1, -0.05) is 48.5 Å². The van der Waals surface area contributed by atoms with Crippen molar-refractivity contribution in [3.8, 4) is 11.5 Å². The third kappa shape index (κ3) is 5.12. The van der Waals surface area contributed by atoms with Crippen LogP contribution in [-0.2, 0) is 6.18 Å². The van der Waals surface area contributed by atoms with Gasteiger partial charge in [-0.2, -0.15) is 13.2 Å². The highest BCUT2D eigenvalue weighted by Crippen LogP contribution is 2.36. The third-order valence-electron chi connectivity index (χ3n) is 6.38. The number of nitrogens with one attached hydrogen (secondary N) is 1. The van der Waals surface area contributed by atoms with Crippen LogP contribution < -0.4 is 10.2 Å². The van der Waals surface area contributed by atoms with Gasteiger partial charge in [0.2, 0.25) is 11.7 Å². The number of para-hydroxylation sites is 1. The zero-order valence-corrected chi connectivity index (χ0v) is 19.3. The lowest BCUT2D eigenvalue weighted by Crippen LogP contribution is -2.32. The molecule has 0 spiro atoms. The molecule has 36 heavy (non-hydrogen) atoms. The number of hydrogen-bond donors (Lipinski definition) is 1. The Hall–Kier alpha value is -4.07. The van der Waals surface area contributed by atoms with Gasteiger partial charge in [0.05, 0.1) is 0 Å². The van der Waals surface area contributed by atoms with Gasteiger partial charge in [0.25, 0.3) is 5.91 Å². The molecule has 1 aliphatic rings. The largest absolute Gasteiger partial charge is 0.452 e. The molecule has 3 aromatic carbocycles. The molecule has 1 amide bonds. The Balaban J connectivity index is 1.27. The van der Waals surface area contributed by atoms with Crippen LogP contribution in [-0.4, -0.2) is 24.0 Å². The molecular formula is C28H24F3N3O2. The van der Waals surface area contributed by atoms with Crippen molar-refractivity contribution >= 4 is 17.3 Å². The lowest BCUT2D eigenvalue weighted by Gasteiger charge is -2.34. The van der Waals surface area contributed by atoms with E-state index in [1.54, 1.807) is 42.5 Å². The van der Waals surface area contributed by atoms with Crippen LogP contribution in [0, 0.1) is 0 Å². The van der Waals surface area contributed by atoms with Gasteiger partial charge in [-0.15, -0.1) is 0 Å². The van der Waals surface area contributed by atoms with E-state index in [9.17, 15) is 18.0 Å². The summed E-state index contributed by atoms with van der Waals surface area (Å²) in [6.45, 7) is 1.90. The average molecular weight is 492 g/mol. The van der Waals surface area contributed by atoms with Crippen LogP contribution in [0.25, 0.3) is 11.5 Å². The van der Waals surface area contributed by atoms with Crippen LogP contribution in [0.4, 0.5) is 24.5 Å². The van der Waals surface area contributed by atoms with Gasteiger partial charge < -0.3 is 14.6 Å². The maximum atomic E-state index is 13.6. The van der Waals surface area contributed by atoms with Crippen LogP contribution in [0.3, 0.4) is 0 Å². The Morgan fingerprint density at radius 3 is 2.11 bits per heavy atom. The van der Waals surface area contributed by atoms with E-state index in [1.807, 2.05) is 30.3 Å². The molecule has 0 bridgehead atoms. The fourth-order valence-corrected chi connectivity index (χ4v) is 4.51. The minimum Gasteiger partial charge on any atom is -0.431 e. The molecule has 0 unspecified atom stereocenters. The molecule has 0 atom stereocenters. The fraction of sp³-hybridized carbons (Fsp3) is 0.214. The van der Waals surface area contributed by atoms with Crippen molar-refractivity contribution in [3.05, 3.63) is 102 Å². The van der Waals surface area contributed by atoms with Gasteiger partial charge in [0.15, 0.2) is 5.69 Å². The summed E-state index contributed by atoms with van der Waals surface area (Å²) in [6.07, 6.45) is -2.86. The van der Waals surface area contributed by atoms with Crippen LogP contribution in [0.1, 0.15) is 40.6 Å². The number of benzene rings is 3. The number of anilines is 2. The molecule has 1 fully saturated rings. The summed E-state index contributed by atoms with van der Waals surface area (Å²) >= 11 is 0. The highest BCUT2D eigenvalue weighted by molar-refractivity contribution is 6.04.